The molecular formula is C21H36N2O5. The molecule has 160 valence electrons. The number of amides is 1. The van der Waals surface area contributed by atoms with E-state index in [1.54, 1.807) is 20.8 Å². The van der Waals surface area contributed by atoms with Gasteiger partial charge in [-0.2, -0.15) is 0 Å². The minimum atomic E-state index is -1.60. The lowest BCUT2D eigenvalue weighted by molar-refractivity contribution is -0.158. The molecule has 7 nitrogen and oxygen atoms in total. The molecule has 0 bridgehead atoms. The van der Waals surface area contributed by atoms with Gasteiger partial charge in [-0.05, 0) is 50.9 Å². The highest BCUT2D eigenvalue weighted by Crippen LogP contribution is 2.49. The molecule has 0 radical (unpaired) electrons. The Balaban J connectivity index is 2.37. The van der Waals surface area contributed by atoms with Gasteiger partial charge in [-0.1, -0.05) is 34.6 Å². The number of alkyl carbamates (subject to hydrolysis) is 1. The largest absolute Gasteiger partial charge is 0.480 e. The second-order valence-corrected chi connectivity index (χ2v) is 10.5. The van der Waals surface area contributed by atoms with Crippen molar-refractivity contribution in [3.05, 3.63) is 0 Å². The SMILES string of the molecule is CC1C(C)C1N1CCC[C@]1(C(=O)O)C(=O)[C@@H](NC(=O)OC(C)(C)C)C(C)(C)C. The zero-order chi connectivity index (χ0) is 21.7. The smallest absolute Gasteiger partial charge is 0.408 e. The van der Waals surface area contributed by atoms with Crippen LogP contribution in [0.1, 0.15) is 68.2 Å². The summed E-state index contributed by atoms with van der Waals surface area (Å²) >= 11 is 0. The Labute approximate surface area is 168 Å². The van der Waals surface area contributed by atoms with Crippen molar-refractivity contribution in [3.63, 3.8) is 0 Å². The zero-order valence-electron chi connectivity index (χ0n) is 18.5. The number of carboxylic acid groups (broad SMARTS) is 1. The average Bonchev–Trinajstić information content (AvgIpc) is 2.94. The van der Waals surface area contributed by atoms with E-state index in [0.29, 0.717) is 24.8 Å². The van der Waals surface area contributed by atoms with Crippen LogP contribution in [0, 0.1) is 17.3 Å². The van der Waals surface area contributed by atoms with Crippen LogP contribution in [0.3, 0.4) is 0 Å². The summed E-state index contributed by atoms with van der Waals surface area (Å²) in [7, 11) is 0. The fourth-order valence-electron chi connectivity index (χ4n) is 4.39. The van der Waals surface area contributed by atoms with E-state index in [-0.39, 0.29) is 12.5 Å². The van der Waals surface area contributed by atoms with Crippen molar-refractivity contribution in [2.24, 2.45) is 17.3 Å². The number of Topliss-reactive ketones (excluding diaryl/α,β-unsaturated/α-hetero) is 1. The van der Waals surface area contributed by atoms with Crippen molar-refractivity contribution in [2.75, 3.05) is 6.54 Å². The molecule has 2 N–H and O–H groups in total. The molecule has 2 unspecified atom stereocenters. The van der Waals surface area contributed by atoms with Crippen molar-refractivity contribution < 1.29 is 24.2 Å². The van der Waals surface area contributed by atoms with E-state index in [1.807, 2.05) is 25.7 Å². The van der Waals surface area contributed by atoms with Gasteiger partial charge in [0, 0.05) is 12.6 Å². The first-order chi connectivity index (χ1) is 12.6. The summed E-state index contributed by atoms with van der Waals surface area (Å²) in [6.07, 6.45) is 0.204. The summed E-state index contributed by atoms with van der Waals surface area (Å²) in [4.78, 5) is 40.5. The highest BCUT2D eigenvalue weighted by Gasteiger charge is 2.63. The molecule has 1 amide bonds. The van der Waals surface area contributed by atoms with Crippen LogP contribution >= 0.6 is 0 Å². The molecule has 1 aliphatic heterocycles. The molecule has 1 aliphatic carbocycles. The first-order valence-corrected chi connectivity index (χ1v) is 10.2. The molecular weight excluding hydrogens is 360 g/mol. The Bertz CT molecular complexity index is 640. The molecule has 2 rings (SSSR count). The van der Waals surface area contributed by atoms with E-state index in [0.717, 1.165) is 0 Å². The summed E-state index contributed by atoms with van der Waals surface area (Å²) in [5, 5.41) is 12.9. The second-order valence-electron chi connectivity index (χ2n) is 10.5. The van der Waals surface area contributed by atoms with Crippen LogP contribution in [0.5, 0.6) is 0 Å². The van der Waals surface area contributed by atoms with Crippen LogP contribution in [0.15, 0.2) is 0 Å². The molecule has 0 aromatic heterocycles. The monoisotopic (exact) mass is 396 g/mol. The fraction of sp³-hybridized carbons (Fsp3) is 0.857. The van der Waals surface area contributed by atoms with Gasteiger partial charge in [0.2, 0.25) is 0 Å². The van der Waals surface area contributed by atoms with Gasteiger partial charge >= 0.3 is 12.1 Å². The Morgan fingerprint density at radius 1 is 1.11 bits per heavy atom. The normalized spacial score (nSPS) is 31.9. The number of aliphatic carboxylic acids is 1. The van der Waals surface area contributed by atoms with E-state index >= 15 is 0 Å². The molecule has 1 heterocycles. The first kappa shape index (κ1) is 22.7. The molecule has 2 aliphatic rings. The number of nitrogens with one attached hydrogen (secondary N) is 1. The highest BCUT2D eigenvalue weighted by molar-refractivity contribution is 6.11. The lowest BCUT2D eigenvalue weighted by atomic mass is 9.76. The molecule has 0 aromatic rings. The highest BCUT2D eigenvalue weighted by atomic mass is 16.6. The van der Waals surface area contributed by atoms with Crippen LogP contribution in [-0.4, -0.2) is 57.6 Å². The van der Waals surface area contributed by atoms with Gasteiger partial charge in [0.05, 0.1) is 6.04 Å². The maximum atomic E-state index is 13.7. The molecule has 28 heavy (non-hydrogen) atoms. The number of carbonyl (C=O) groups excluding carboxylic acids is 2. The number of ketones is 1. The van der Waals surface area contributed by atoms with E-state index < -0.39 is 40.4 Å². The summed E-state index contributed by atoms with van der Waals surface area (Å²) in [6.45, 7) is 15.5. The van der Waals surface area contributed by atoms with E-state index in [4.69, 9.17) is 4.74 Å². The van der Waals surface area contributed by atoms with Gasteiger partial charge in [0.25, 0.3) is 0 Å². The number of carbonyl (C=O) groups is 3. The third kappa shape index (κ3) is 4.19. The van der Waals surface area contributed by atoms with Gasteiger partial charge in [-0.25, -0.2) is 9.59 Å². The standard InChI is InChI=1S/C21H36N2O5/c1-12-13(2)14(12)23-11-9-10-21(23,17(25)26)16(24)15(19(3,4)5)22-18(27)28-20(6,7)8/h12-15H,9-11H2,1-8H3,(H,22,27)(H,25,26)/t12?,13?,14?,15-,21-/m1/s1. The Morgan fingerprint density at radius 3 is 2.04 bits per heavy atom. The van der Waals surface area contributed by atoms with Crippen LogP contribution < -0.4 is 5.32 Å². The van der Waals surface area contributed by atoms with E-state index in [1.165, 1.54) is 0 Å². The van der Waals surface area contributed by atoms with Crippen molar-refractivity contribution in [1.29, 1.82) is 0 Å². The first-order valence-electron chi connectivity index (χ1n) is 10.2. The number of rotatable bonds is 5. The number of nitrogens with zero attached hydrogens (tertiary/aromatic N) is 1. The number of ether oxygens (including phenoxy) is 1. The zero-order valence-corrected chi connectivity index (χ0v) is 18.5. The Hall–Kier alpha value is -1.63. The van der Waals surface area contributed by atoms with Crippen molar-refractivity contribution in [1.82, 2.24) is 10.2 Å². The number of carboxylic acids is 1. The summed E-state index contributed by atoms with van der Waals surface area (Å²) in [6, 6.07) is -0.881. The Morgan fingerprint density at radius 2 is 1.64 bits per heavy atom. The summed E-state index contributed by atoms with van der Waals surface area (Å²) in [5.41, 5.74) is -2.97. The van der Waals surface area contributed by atoms with Gasteiger partial charge in [-0.3, -0.25) is 9.69 Å². The van der Waals surface area contributed by atoms with E-state index in [9.17, 15) is 19.5 Å². The number of hydrogen-bond acceptors (Lipinski definition) is 5. The van der Waals surface area contributed by atoms with Gasteiger partial charge < -0.3 is 15.2 Å². The average molecular weight is 397 g/mol. The van der Waals surface area contributed by atoms with Gasteiger partial charge in [-0.15, -0.1) is 0 Å². The molecule has 2 fully saturated rings. The summed E-state index contributed by atoms with van der Waals surface area (Å²) < 4.78 is 5.33. The van der Waals surface area contributed by atoms with Crippen LogP contribution in [0.4, 0.5) is 4.79 Å². The number of likely N-dealkylation sites (tertiary alicyclic amines) is 1. The molecule has 4 atom stereocenters. The second kappa shape index (κ2) is 7.32. The van der Waals surface area contributed by atoms with Gasteiger partial charge in [0.1, 0.15) is 5.60 Å². The number of hydrogen-bond donors (Lipinski definition) is 2. The predicted molar refractivity (Wildman–Crippen MR) is 106 cm³/mol. The quantitative estimate of drug-likeness (QED) is 0.694. The van der Waals surface area contributed by atoms with Gasteiger partial charge in [0.15, 0.2) is 11.3 Å². The van der Waals surface area contributed by atoms with E-state index in [2.05, 4.69) is 19.2 Å². The van der Waals surface area contributed by atoms with Crippen LogP contribution in [-0.2, 0) is 14.3 Å². The minimum absolute atomic E-state index is 0.0877. The topological polar surface area (TPSA) is 95.9 Å². The molecule has 0 spiro atoms. The maximum Gasteiger partial charge on any atom is 0.408 e. The molecule has 1 saturated carbocycles. The van der Waals surface area contributed by atoms with Crippen molar-refractivity contribution in [2.45, 2.75) is 91.5 Å². The molecule has 1 saturated heterocycles. The fourth-order valence-corrected chi connectivity index (χ4v) is 4.39. The molecule has 0 aromatic carbocycles. The predicted octanol–water partition coefficient (Wildman–Crippen LogP) is 3.07. The molecule has 7 heteroatoms. The van der Waals surface area contributed by atoms with Crippen molar-refractivity contribution >= 4 is 17.8 Å². The lowest BCUT2D eigenvalue weighted by Gasteiger charge is -2.40. The minimum Gasteiger partial charge on any atom is -0.480 e. The maximum absolute atomic E-state index is 13.7. The van der Waals surface area contributed by atoms with Crippen LogP contribution in [0.2, 0.25) is 0 Å². The summed E-state index contributed by atoms with van der Waals surface area (Å²) in [5.74, 6) is -0.864. The van der Waals surface area contributed by atoms with Crippen LogP contribution in [0.25, 0.3) is 0 Å². The third-order valence-corrected chi connectivity index (χ3v) is 6.10. The lowest BCUT2D eigenvalue weighted by Crippen LogP contribution is -2.65. The Kier molecular flexibility index (Phi) is 5.92. The third-order valence-electron chi connectivity index (χ3n) is 6.10. The van der Waals surface area contributed by atoms with Crippen molar-refractivity contribution in [3.8, 4) is 0 Å².